The van der Waals surface area contributed by atoms with Gasteiger partial charge in [0, 0.05) is 22.3 Å². The van der Waals surface area contributed by atoms with Gasteiger partial charge in [0.15, 0.2) is 0 Å². The predicted octanol–water partition coefficient (Wildman–Crippen LogP) is 4.60. The van der Waals surface area contributed by atoms with Crippen LogP contribution in [0.25, 0.3) is 5.69 Å². The summed E-state index contributed by atoms with van der Waals surface area (Å²) in [7, 11) is 1.64. The van der Waals surface area contributed by atoms with Crippen LogP contribution in [0.1, 0.15) is 52.6 Å². The average molecular weight is 413 g/mol. The van der Waals surface area contributed by atoms with Crippen LogP contribution in [0.4, 0.5) is 0 Å². The third kappa shape index (κ3) is 4.27. The standard InChI is InChI=1S/C22H25ClN4O2/c1-13(2)20-18(11-26-27(20)17-8-6-7-16(23)9-17)22(28)25-12-19-15(4)21(29-5)14(3)10-24-19/h6-11,13H,12H2,1-5H3,(H,25,28). The highest BCUT2D eigenvalue weighted by atomic mass is 35.5. The number of halogens is 1. The number of benzene rings is 1. The van der Waals surface area contributed by atoms with Crippen LogP contribution in [0, 0.1) is 13.8 Å². The first-order chi connectivity index (χ1) is 13.8. The van der Waals surface area contributed by atoms with Crippen molar-refractivity contribution in [2.75, 3.05) is 7.11 Å². The lowest BCUT2D eigenvalue weighted by atomic mass is 10.0. The number of aromatic nitrogens is 3. The Kier molecular flexibility index (Phi) is 6.23. The molecule has 1 amide bonds. The van der Waals surface area contributed by atoms with Gasteiger partial charge in [-0.1, -0.05) is 31.5 Å². The molecule has 0 spiro atoms. The van der Waals surface area contributed by atoms with E-state index in [0.29, 0.717) is 17.1 Å². The molecule has 3 rings (SSSR count). The predicted molar refractivity (Wildman–Crippen MR) is 114 cm³/mol. The normalized spacial score (nSPS) is 11.0. The van der Waals surface area contributed by atoms with Crippen molar-refractivity contribution in [3.63, 3.8) is 0 Å². The molecule has 6 nitrogen and oxygen atoms in total. The van der Waals surface area contributed by atoms with E-state index in [0.717, 1.165) is 34.0 Å². The smallest absolute Gasteiger partial charge is 0.255 e. The van der Waals surface area contributed by atoms with Gasteiger partial charge in [0.25, 0.3) is 5.91 Å². The first-order valence-corrected chi connectivity index (χ1v) is 9.82. The summed E-state index contributed by atoms with van der Waals surface area (Å²) < 4.78 is 7.21. The van der Waals surface area contributed by atoms with E-state index in [1.54, 1.807) is 24.2 Å². The van der Waals surface area contributed by atoms with Gasteiger partial charge in [0.2, 0.25) is 0 Å². The van der Waals surface area contributed by atoms with Crippen LogP contribution in [0.5, 0.6) is 5.75 Å². The maximum absolute atomic E-state index is 12.9. The van der Waals surface area contributed by atoms with E-state index in [9.17, 15) is 4.79 Å². The number of amides is 1. The Morgan fingerprint density at radius 2 is 2.03 bits per heavy atom. The number of rotatable bonds is 6. The largest absolute Gasteiger partial charge is 0.496 e. The number of carbonyl (C=O) groups excluding carboxylic acids is 1. The fourth-order valence-corrected chi connectivity index (χ4v) is 3.60. The van der Waals surface area contributed by atoms with Gasteiger partial charge in [-0.05, 0) is 38.0 Å². The molecular formula is C22H25ClN4O2. The van der Waals surface area contributed by atoms with Crippen LogP contribution in [0.2, 0.25) is 5.02 Å². The number of methoxy groups -OCH3 is 1. The van der Waals surface area contributed by atoms with Crippen LogP contribution in [0.3, 0.4) is 0 Å². The zero-order valence-electron chi connectivity index (χ0n) is 17.3. The quantitative estimate of drug-likeness (QED) is 0.642. The van der Waals surface area contributed by atoms with Crippen molar-refractivity contribution < 1.29 is 9.53 Å². The maximum Gasteiger partial charge on any atom is 0.255 e. The number of carbonyl (C=O) groups is 1. The number of nitrogens with one attached hydrogen (secondary N) is 1. The molecule has 3 aromatic rings. The van der Waals surface area contributed by atoms with E-state index < -0.39 is 0 Å². The SMILES string of the molecule is COc1c(C)cnc(CNC(=O)c2cnn(-c3cccc(Cl)c3)c2C(C)C)c1C. The van der Waals surface area contributed by atoms with Gasteiger partial charge in [-0.3, -0.25) is 9.78 Å². The molecule has 0 aliphatic heterocycles. The molecule has 152 valence electrons. The Balaban J connectivity index is 1.87. The number of hydrogen-bond acceptors (Lipinski definition) is 4. The first-order valence-electron chi connectivity index (χ1n) is 9.44. The Bertz CT molecular complexity index is 1040. The summed E-state index contributed by atoms with van der Waals surface area (Å²) in [6.45, 7) is 8.26. The van der Waals surface area contributed by atoms with Crippen molar-refractivity contribution in [2.45, 2.75) is 40.2 Å². The number of ether oxygens (including phenoxy) is 1. The monoisotopic (exact) mass is 412 g/mol. The van der Waals surface area contributed by atoms with E-state index in [1.165, 1.54) is 0 Å². The van der Waals surface area contributed by atoms with Crippen molar-refractivity contribution >= 4 is 17.5 Å². The highest BCUT2D eigenvalue weighted by Crippen LogP contribution is 2.26. The van der Waals surface area contributed by atoms with Gasteiger partial charge in [0.05, 0.1) is 42.5 Å². The Hall–Kier alpha value is -2.86. The Morgan fingerprint density at radius 1 is 1.28 bits per heavy atom. The van der Waals surface area contributed by atoms with Crippen molar-refractivity contribution in [3.05, 3.63) is 69.8 Å². The van der Waals surface area contributed by atoms with E-state index >= 15 is 0 Å². The lowest BCUT2D eigenvalue weighted by Gasteiger charge is -2.14. The highest BCUT2D eigenvalue weighted by Gasteiger charge is 2.21. The minimum atomic E-state index is -0.192. The molecule has 1 aromatic carbocycles. The van der Waals surface area contributed by atoms with Crippen molar-refractivity contribution in [1.29, 1.82) is 0 Å². The summed E-state index contributed by atoms with van der Waals surface area (Å²) in [6.07, 6.45) is 3.35. The molecule has 0 saturated heterocycles. The molecule has 0 fully saturated rings. The fourth-order valence-electron chi connectivity index (χ4n) is 3.41. The molecule has 0 saturated carbocycles. The molecule has 0 unspecified atom stereocenters. The van der Waals surface area contributed by atoms with E-state index in [-0.39, 0.29) is 11.8 Å². The maximum atomic E-state index is 12.9. The van der Waals surface area contributed by atoms with Crippen LogP contribution in [-0.4, -0.2) is 27.8 Å². The van der Waals surface area contributed by atoms with Crippen molar-refractivity contribution in [1.82, 2.24) is 20.1 Å². The first kappa shape index (κ1) is 20.9. The number of hydrogen-bond donors (Lipinski definition) is 1. The second kappa shape index (κ2) is 8.66. The second-order valence-corrected chi connectivity index (χ2v) is 7.66. The lowest BCUT2D eigenvalue weighted by molar-refractivity contribution is 0.0949. The van der Waals surface area contributed by atoms with Gasteiger partial charge in [-0.25, -0.2) is 4.68 Å². The molecule has 29 heavy (non-hydrogen) atoms. The van der Waals surface area contributed by atoms with E-state index in [4.69, 9.17) is 16.3 Å². The van der Waals surface area contributed by atoms with Gasteiger partial charge in [-0.15, -0.1) is 0 Å². The van der Waals surface area contributed by atoms with E-state index in [2.05, 4.69) is 15.4 Å². The van der Waals surface area contributed by atoms with Gasteiger partial charge in [0.1, 0.15) is 5.75 Å². The molecule has 0 atom stereocenters. The third-order valence-corrected chi connectivity index (χ3v) is 5.05. The summed E-state index contributed by atoms with van der Waals surface area (Å²) in [6, 6.07) is 7.41. The van der Waals surface area contributed by atoms with Crippen LogP contribution in [-0.2, 0) is 6.54 Å². The fraction of sp³-hybridized carbons (Fsp3) is 0.318. The third-order valence-electron chi connectivity index (χ3n) is 4.82. The number of aryl methyl sites for hydroxylation is 1. The molecule has 0 aliphatic rings. The van der Waals surface area contributed by atoms with Gasteiger partial charge >= 0.3 is 0 Å². The molecular weight excluding hydrogens is 388 g/mol. The summed E-state index contributed by atoms with van der Waals surface area (Å²) in [5, 5.41) is 8.02. The zero-order chi connectivity index (χ0) is 21.1. The second-order valence-electron chi connectivity index (χ2n) is 7.22. The van der Waals surface area contributed by atoms with Crippen molar-refractivity contribution in [3.8, 4) is 11.4 Å². The molecule has 7 heteroatoms. The lowest BCUT2D eigenvalue weighted by Crippen LogP contribution is -2.25. The van der Waals surface area contributed by atoms with E-state index in [1.807, 2.05) is 52.0 Å². The van der Waals surface area contributed by atoms with Gasteiger partial charge < -0.3 is 10.1 Å². The van der Waals surface area contributed by atoms with Crippen molar-refractivity contribution in [2.24, 2.45) is 0 Å². The van der Waals surface area contributed by atoms with Crippen LogP contribution < -0.4 is 10.1 Å². The van der Waals surface area contributed by atoms with Crippen LogP contribution in [0.15, 0.2) is 36.7 Å². The zero-order valence-corrected chi connectivity index (χ0v) is 18.0. The van der Waals surface area contributed by atoms with Gasteiger partial charge in [-0.2, -0.15) is 5.10 Å². The number of nitrogens with zero attached hydrogens (tertiary/aromatic N) is 3. The summed E-state index contributed by atoms with van der Waals surface area (Å²) >= 11 is 6.13. The minimum absolute atomic E-state index is 0.0940. The Labute approximate surface area is 175 Å². The Morgan fingerprint density at radius 3 is 2.69 bits per heavy atom. The number of pyridine rings is 1. The molecule has 1 N–H and O–H groups in total. The summed E-state index contributed by atoms with van der Waals surface area (Å²) in [5.74, 6) is 0.695. The molecule has 2 aromatic heterocycles. The summed E-state index contributed by atoms with van der Waals surface area (Å²) in [5.41, 5.74) is 4.85. The molecule has 2 heterocycles. The molecule has 0 aliphatic carbocycles. The molecule has 0 bridgehead atoms. The van der Waals surface area contributed by atoms with Crippen LogP contribution >= 0.6 is 11.6 Å². The topological polar surface area (TPSA) is 69.0 Å². The molecule has 0 radical (unpaired) electrons. The summed E-state index contributed by atoms with van der Waals surface area (Å²) in [4.78, 5) is 17.4. The average Bonchev–Trinajstić information content (AvgIpc) is 3.13. The minimum Gasteiger partial charge on any atom is -0.496 e. The highest BCUT2D eigenvalue weighted by molar-refractivity contribution is 6.30.